The van der Waals surface area contributed by atoms with E-state index in [1.54, 1.807) is 0 Å². The predicted octanol–water partition coefficient (Wildman–Crippen LogP) is 4.88. The number of benzene rings is 3. The molecule has 1 atom stereocenters. The van der Waals surface area contributed by atoms with Crippen LogP contribution in [-0.2, 0) is 0 Å². The molecule has 160 valence electrons. The Balaban J connectivity index is 1.62. The van der Waals surface area contributed by atoms with E-state index in [9.17, 15) is 0 Å². The summed E-state index contributed by atoms with van der Waals surface area (Å²) in [6.45, 7) is -1.74. The maximum atomic E-state index is 6.48. The van der Waals surface area contributed by atoms with Crippen LogP contribution in [0.3, 0.4) is 0 Å². The van der Waals surface area contributed by atoms with Gasteiger partial charge in [0.1, 0.15) is 11.5 Å². The molecule has 0 fully saturated rings. The zero-order valence-corrected chi connectivity index (χ0v) is 18.2. The minimum atomic E-state index is -1.74. The molecule has 0 radical (unpaired) electrons. The molecule has 0 saturated heterocycles. The lowest BCUT2D eigenvalue weighted by Crippen LogP contribution is -2.90. The number of allylic oxidation sites excluding steroid dienone is 2. The summed E-state index contributed by atoms with van der Waals surface area (Å²) in [6.07, 6.45) is 8.56. The van der Waals surface area contributed by atoms with E-state index in [1.165, 1.54) is 5.46 Å². The molecule has 1 aromatic heterocycles. The van der Waals surface area contributed by atoms with Crippen LogP contribution >= 0.6 is 0 Å². The summed E-state index contributed by atoms with van der Waals surface area (Å²) in [7, 11) is 0. The molecule has 0 N–H and O–H groups in total. The molecule has 3 aromatic carbocycles. The third-order valence-electron chi connectivity index (χ3n) is 7.32. The molecule has 0 amide bonds. The molecule has 0 saturated carbocycles. The van der Waals surface area contributed by atoms with Gasteiger partial charge in [-0.1, -0.05) is 66.7 Å². The van der Waals surface area contributed by atoms with Crippen molar-refractivity contribution in [1.82, 2.24) is 4.81 Å². The number of rotatable bonds is 1. The van der Waals surface area contributed by atoms with E-state index < -0.39 is 6.55 Å². The summed E-state index contributed by atoms with van der Waals surface area (Å²) in [4.78, 5) is 10.0. The lowest BCUT2D eigenvalue weighted by atomic mass is 9.45. The predicted molar refractivity (Wildman–Crippen MR) is 135 cm³/mol. The maximum Gasteiger partial charge on any atom is 0.425 e. The summed E-state index contributed by atoms with van der Waals surface area (Å²) >= 11 is 0. The number of para-hydroxylation sites is 3. The van der Waals surface area contributed by atoms with E-state index in [4.69, 9.17) is 9.73 Å². The molecule has 1 unspecified atom stereocenters. The third kappa shape index (κ3) is 2.02. The molecule has 5 heterocycles. The van der Waals surface area contributed by atoms with Crippen LogP contribution in [0.2, 0.25) is 0 Å². The Morgan fingerprint density at radius 2 is 1.59 bits per heavy atom. The van der Waals surface area contributed by atoms with E-state index in [1.807, 2.05) is 6.07 Å². The van der Waals surface area contributed by atoms with E-state index in [-0.39, 0.29) is 0 Å². The number of amidine groups is 1. The van der Waals surface area contributed by atoms with Crippen molar-refractivity contribution in [1.29, 1.82) is 0 Å². The molecule has 6 heteroatoms. The van der Waals surface area contributed by atoms with Gasteiger partial charge in [-0.2, -0.15) is 0 Å². The van der Waals surface area contributed by atoms with Crippen molar-refractivity contribution in [2.45, 2.75) is 0 Å². The van der Waals surface area contributed by atoms with Gasteiger partial charge in [-0.05, 0) is 35.3 Å². The van der Waals surface area contributed by atoms with E-state index in [0.29, 0.717) is 0 Å². The van der Waals surface area contributed by atoms with Gasteiger partial charge >= 0.3 is 6.55 Å². The monoisotopic (exact) mass is 438 g/mol. The molecular formula is C28H19BN4O. The van der Waals surface area contributed by atoms with Gasteiger partial charge < -0.3 is 18.8 Å². The smallest absolute Gasteiger partial charge is 0.425 e. The van der Waals surface area contributed by atoms with Crippen LogP contribution in [0.15, 0.2) is 120 Å². The first-order valence-corrected chi connectivity index (χ1v) is 11.6. The number of nitrogens with zero attached hydrogens (tertiary/aromatic N) is 4. The van der Waals surface area contributed by atoms with Gasteiger partial charge in [-0.3, -0.25) is 0 Å². The highest BCUT2D eigenvalue weighted by Crippen LogP contribution is 2.56. The summed E-state index contributed by atoms with van der Waals surface area (Å²) in [5.74, 6) is 3.58. The highest BCUT2D eigenvalue weighted by Gasteiger charge is 2.58. The second kappa shape index (κ2) is 6.26. The Hall–Kier alpha value is -4.58. The van der Waals surface area contributed by atoms with Gasteiger partial charge in [0, 0.05) is 35.3 Å². The number of pyridine rings is 1. The minimum Gasteiger partial charge on any atom is -0.453 e. The molecule has 4 aromatic rings. The van der Waals surface area contributed by atoms with Gasteiger partial charge in [0.2, 0.25) is 5.84 Å². The van der Waals surface area contributed by atoms with Gasteiger partial charge in [-0.15, -0.1) is 5.46 Å². The van der Waals surface area contributed by atoms with Gasteiger partial charge in [0.25, 0.3) is 5.82 Å². The number of ether oxygens (including phenoxy) is 1. The lowest BCUT2D eigenvalue weighted by Gasteiger charge is -2.62. The Labute approximate surface area is 197 Å². The van der Waals surface area contributed by atoms with Crippen molar-refractivity contribution in [2.75, 3.05) is 4.81 Å². The average Bonchev–Trinajstić information content (AvgIpc) is 2.90. The van der Waals surface area contributed by atoms with Gasteiger partial charge in [-0.25, -0.2) is 0 Å². The van der Waals surface area contributed by atoms with Crippen molar-refractivity contribution in [3.8, 4) is 11.5 Å². The zero-order valence-electron chi connectivity index (χ0n) is 18.2. The highest BCUT2D eigenvalue weighted by atomic mass is 16.5. The highest BCUT2D eigenvalue weighted by molar-refractivity contribution is 6.90. The van der Waals surface area contributed by atoms with Crippen molar-refractivity contribution < 1.29 is 9.21 Å². The first kappa shape index (κ1) is 17.9. The molecule has 5 nitrogen and oxygen atoms in total. The van der Waals surface area contributed by atoms with Crippen molar-refractivity contribution in [3.05, 3.63) is 121 Å². The SMILES string of the molecule is C1=CC2=Nc3cccc[n+]3[B-]3(c4ccccc4)N2C(=C1)c1cccc2c1N3c1ccccc1O2. The number of fused-ring (bicyclic) bond motifs is 6. The normalized spacial score (nSPS) is 20.2. The fourth-order valence-electron chi connectivity index (χ4n) is 6.11. The van der Waals surface area contributed by atoms with Crippen molar-refractivity contribution >= 4 is 40.7 Å². The zero-order chi connectivity index (χ0) is 22.3. The number of anilines is 2. The van der Waals surface area contributed by atoms with Crippen LogP contribution in [0, 0.1) is 0 Å². The average molecular weight is 438 g/mol. The van der Waals surface area contributed by atoms with Crippen molar-refractivity contribution in [3.63, 3.8) is 0 Å². The quantitative estimate of drug-likeness (QED) is 0.397. The maximum absolute atomic E-state index is 6.48. The Bertz CT molecular complexity index is 1610. The Morgan fingerprint density at radius 1 is 0.765 bits per heavy atom. The van der Waals surface area contributed by atoms with Crippen LogP contribution in [0.25, 0.3) is 5.70 Å². The second-order valence-corrected chi connectivity index (χ2v) is 8.95. The largest absolute Gasteiger partial charge is 0.453 e. The molecule has 4 aliphatic heterocycles. The number of hydrogen-bond acceptors (Lipinski definition) is 4. The molecule has 0 bridgehead atoms. The second-order valence-electron chi connectivity index (χ2n) is 8.95. The summed E-state index contributed by atoms with van der Waals surface area (Å²) in [6, 6.07) is 31.7. The lowest BCUT2D eigenvalue weighted by molar-refractivity contribution is -0.538. The number of aromatic nitrogens is 1. The molecule has 8 rings (SSSR count). The molecular weight excluding hydrogens is 419 g/mol. The molecule has 34 heavy (non-hydrogen) atoms. The van der Waals surface area contributed by atoms with Gasteiger partial charge in [0.15, 0.2) is 0 Å². The van der Waals surface area contributed by atoms with Crippen LogP contribution in [0.4, 0.5) is 17.2 Å². The van der Waals surface area contributed by atoms with E-state index >= 15 is 0 Å². The number of aliphatic imine (C=N–C) groups is 1. The fourth-order valence-corrected chi connectivity index (χ4v) is 6.11. The summed E-state index contributed by atoms with van der Waals surface area (Å²) in [5.41, 5.74) is 5.60. The van der Waals surface area contributed by atoms with Crippen LogP contribution in [0.5, 0.6) is 11.5 Å². The Kier molecular flexibility index (Phi) is 3.30. The van der Waals surface area contributed by atoms with E-state index in [0.717, 1.165) is 45.8 Å². The fraction of sp³-hybridized carbons (Fsp3) is 0. The molecule has 0 aliphatic carbocycles. The number of hydrogen-bond donors (Lipinski definition) is 0. The first-order valence-electron chi connectivity index (χ1n) is 11.6. The van der Waals surface area contributed by atoms with Crippen LogP contribution in [0.1, 0.15) is 5.56 Å². The summed E-state index contributed by atoms with van der Waals surface area (Å²) in [5, 5.41) is 0. The standard InChI is InChI=1S/C28H19BN4O/c1-2-10-20(11-3-1)29-31-19-7-6-17-26(31)30-27-18-9-14-22(32(27)29)21-12-8-16-25-28(21)33(29)23-13-4-5-15-24(23)34-25/h1-19H. The summed E-state index contributed by atoms with van der Waals surface area (Å²) < 4.78 is 8.82. The Morgan fingerprint density at radius 3 is 2.53 bits per heavy atom. The van der Waals surface area contributed by atoms with Crippen LogP contribution < -0.4 is 19.5 Å². The van der Waals surface area contributed by atoms with E-state index in [2.05, 4.69) is 123 Å². The minimum absolute atomic E-state index is 0.853. The topological polar surface area (TPSA) is 31.9 Å². The third-order valence-corrected chi connectivity index (χ3v) is 7.32. The molecule has 0 spiro atoms. The van der Waals surface area contributed by atoms with Crippen LogP contribution in [-0.4, -0.2) is 17.2 Å². The van der Waals surface area contributed by atoms with Crippen molar-refractivity contribution in [2.24, 2.45) is 4.99 Å². The molecule has 4 aliphatic rings. The first-order chi connectivity index (χ1) is 16.9. The van der Waals surface area contributed by atoms with Gasteiger partial charge in [0.05, 0.1) is 5.69 Å².